The second-order valence-electron chi connectivity index (χ2n) is 7.83. The van der Waals surface area contributed by atoms with Gasteiger partial charge in [-0.1, -0.05) is 41.4 Å². The molecule has 0 fully saturated rings. The Morgan fingerprint density at radius 3 is 2.59 bits per heavy atom. The molecule has 0 atom stereocenters. The van der Waals surface area contributed by atoms with Crippen molar-refractivity contribution >= 4 is 41.5 Å². The number of carbonyl (C=O) groups excluding carboxylic acids is 1. The average Bonchev–Trinajstić information content (AvgIpc) is 3.31. The molecule has 0 aliphatic carbocycles. The number of thioether (sulfide) groups is 1. The van der Waals surface area contributed by atoms with Gasteiger partial charge in [-0.05, 0) is 67.2 Å². The molecule has 0 radical (unpaired) electrons. The molecule has 0 aliphatic rings. The number of carboxylic acid groups (broad SMARTS) is 1. The highest BCUT2D eigenvalue weighted by Gasteiger charge is 2.24. The van der Waals surface area contributed by atoms with Crippen molar-refractivity contribution in [1.29, 1.82) is 0 Å². The van der Waals surface area contributed by atoms with Gasteiger partial charge in [0.2, 0.25) is 0 Å². The molecule has 1 aromatic heterocycles. The molecule has 11 heteroatoms. The number of para-hydroxylation sites is 1. The largest absolute Gasteiger partial charge is 0.481 e. The lowest BCUT2D eigenvalue weighted by Crippen LogP contribution is -2.34. The van der Waals surface area contributed by atoms with Crippen LogP contribution < -0.4 is 14.7 Å². The minimum atomic E-state index is -1.09. The maximum Gasteiger partial charge on any atom is 0.342 e. The summed E-state index contributed by atoms with van der Waals surface area (Å²) in [7, 11) is 0. The van der Waals surface area contributed by atoms with Gasteiger partial charge in [-0.2, -0.15) is 9.67 Å². The van der Waals surface area contributed by atoms with Gasteiger partial charge < -0.3 is 9.84 Å². The summed E-state index contributed by atoms with van der Waals surface area (Å²) in [6.07, 6.45) is 1.40. The number of nitrogens with one attached hydrogen (secondary N) is 2. The molecule has 1 heterocycles. The number of hydrazone groups is 1. The van der Waals surface area contributed by atoms with Crippen LogP contribution in [-0.4, -0.2) is 45.8 Å². The van der Waals surface area contributed by atoms with E-state index in [4.69, 9.17) is 21.4 Å². The maximum absolute atomic E-state index is 12.5. The fraction of sp³-hybridized carbons (Fsp3) is 0.115. The number of rotatable bonds is 10. The van der Waals surface area contributed by atoms with Crippen LogP contribution in [0.3, 0.4) is 0 Å². The molecule has 4 aromatic rings. The first-order valence-corrected chi connectivity index (χ1v) is 12.5. The van der Waals surface area contributed by atoms with E-state index in [0.717, 1.165) is 22.6 Å². The van der Waals surface area contributed by atoms with Crippen LogP contribution >= 0.6 is 23.4 Å². The van der Waals surface area contributed by atoms with Crippen molar-refractivity contribution in [1.82, 2.24) is 15.6 Å². The van der Waals surface area contributed by atoms with Gasteiger partial charge in [-0.25, -0.2) is 10.2 Å². The molecule has 37 heavy (non-hydrogen) atoms. The summed E-state index contributed by atoms with van der Waals surface area (Å²) in [4.78, 5) is 23.3. The number of ether oxygens (including phenoxy) is 1. The summed E-state index contributed by atoms with van der Waals surface area (Å²) in [6, 6.07) is 22.2. The zero-order valence-electron chi connectivity index (χ0n) is 19.7. The Hall–Kier alpha value is -4.15. The number of aryl methyl sites for hydroxylation is 1. The van der Waals surface area contributed by atoms with Crippen LogP contribution in [0.4, 0.5) is 0 Å². The number of benzene rings is 3. The molecule has 4 rings (SSSR count). The number of nitrogens with zero attached hydrogens (tertiary/aromatic N) is 3. The van der Waals surface area contributed by atoms with Gasteiger partial charge in [-0.3, -0.25) is 4.79 Å². The molecule has 0 unspecified atom stereocenters. The number of amides is 1. The quantitative estimate of drug-likeness (QED) is 0.122. The predicted molar refractivity (Wildman–Crippen MR) is 141 cm³/mol. The lowest BCUT2D eigenvalue weighted by molar-refractivity contribution is -0.625. The molecular formula is C26H23ClN5O4S+. The van der Waals surface area contributed by atoms with E-state index >= 15 is 0 Å². The average molecular weight is 537 g/mol. The van der Waals surface area contributed by atoms with Crippen molar-refractivity contribution in [2.75, 3.05) is 12.4 Å². The molecule has 188 valence electrons. The number of aromatic amines is 1. The Morgan fingerprint density at radius 1 is 1.14 bits per heavy atom. The molecule has 0 bridgehead atoms. The fourth-order valence-corrected chi connectivity index (χ4v) is 4.21. The van der Waals surface area contributed by atoms with E-state index < -0.39 is 12.6 Å². The monoisotopic (exact) mass is 536 g/mol. The Morgan fingerprint density at radius 2 is 1.86 bits per heavy atom. The summed E-state index contributed by atoms with van der Waals surface area (Å²) < 4.78 is 7.17. The lowest BCUT2D eigenvalue weighted by atomic mass is 10.1. The van der Waals surface area contributed by atoms with Crippen LogP contribution in [0.1, 0.15) is 11.1 Å². The highest BCUT2D eigenvalue weighted by molar-refractivity contribution is 7.99. The van der Waals surface area contributed by atoms with Crippen molar-refractivity contribution in [2.45, 2.75) is 12.1 Å². The number of carbonyl (C=O) groups is 2. The first-order chi connectivity index (χ1) is 17.9. The summed E-state index contributed by atoms with van der Waals surface area (Å²) in [5, 5.41) is 21.5. The zero-order chi connectivity index (χ0) is 26.2. The van der Waals surface area contributed by atoms with Gasteiger partial charge in [0, 0.05) is 10.6 Å². The molecular weight excluding hydrogens is 514 g/mol. The number of hydrogen-bond acceptors (Lipinski definition) is 6. The van der Waals surface area contributed by atoms with E-state index in [9.17, 15) is 9.59 Å². The molecule has 3 N–H and O–H groups in total. The van der Waals surface area contributed by atoms with E-state index in [1.807, 2.05) is 47.9 Å². The van der Waals surface area contributed by atoms with E-state index in [0.29, 0.717) is 21.5 Å². The Labute approximate surface area is 222 Å². The number of halogens is 1. The highest BCUT2D eigenvalue weighted by atomic mass is 35.5. The SMILES string of the molecule is Cc1ccc(-c2[nH]nc(SCC(=O)NN=Cc3ccccc3OCC(=O)O)[n+]2-c2ccc(Cl)cc2)cc1. The third-order valence-corrected chi connectivity index (χ3v) is 6.27. The smallest absolute Gasteiger partial charge is 0.342 e. The van der Waals surface area contributed by atoms with Crippen molar-refractivity contribution in [3.8, 4) is 22.8 Å². The molecule has 0 saturated heterocycles. The van der Waals surface area contributed by atoms with Crippen LogP contribution in [0, 0.1) is 6.92 Å². The first-order valence-electron chi connectivity index (χ1n) is 11.1. The standard InChI is InChI=1S/C26H22ClN5O4S/c1-17-6-8-18(9-7-17)25-30-31-26(32(25)21-12-10-20(27)11-13-21)37-16-23(33)29-28-14-19-4-2-3-5-22(19)36-15-24(34)35/h2-14H,15-16H2,1H3,(H2,29,33,34,35)/p+1. The number of carboxylic acids is 1. The first kappa shape index (κ1) is 25.9. The van der Waals surface area contributed by atoms with Crippen molar-refractivity contribution in [2.24, 2.45) is 5.10 Å². The van der Waals surface area contributed by atoms with Gasteiger partial charge in [0.1, 0.15) is 11.4 Å². The molecule has 3 aromatic carbocycles. The van der Waals surface area contributed by atoms with Gasteiger partial charge in [0.25, 0.3) is 11.7 Å². The van der Waals surface area contributed by atoms with E-state index in [-0.39, 0.29) is 11.7 Å². The minimum absolute atomic E-state index is 0.0558. The van der Waals surface area contributed by atoms with Gasteiger partial charge in [-0.15, -0.1) is 5.10 Å². The van der Waals surface area contributed by atoms with Crippen LogP contribution in [0.2, 0.25) is 5.02 Å². The molecule has 1 amide bonds. The third-order valence-electron chi connectivity index (χ3n) is 5.08. The second-order valence-corrected chi connectivity index (χ2v) is 9.21. The zero-order valence-corrected chi connectivity index (χ0v) is 21.3. The van der Waals surface area contributed by atoms with Crippen LogP contribution in [0.5, 0.6) is 5.75 Å². The summed E-state index contributed by atoms with van der Waals surface area (Å²) in [6.45, 7) is 1.55. The highest BCUT2D eigenvalue weighted by Crippen LogP contribution is 2.22. The maximum atomic E-state index is 12.5. The molecule has 0 spiro atoms. The molecule has 0 saturated carbocycles. The van der Waals surface area contributed by atoms with Crippen molar-refractivity contribution < 1.29 is 24.0 Å². The lowest BCUT2D eigenvalue weighted by Gasteiger charge is -2.06. The number of aromatic nitrogens is 3. The Balaban J connectivity index is 1.47. The van der Waals surface area contributed by atoms with E-state index in [1.165, 1.54) is 18.0 Å². The van der Waals surface area contributed by atoms with Crippen molar-refractivity contribution in [3.05, 3.63) is 88.9 Å². The summed E-state index contributed by atoms with van der Waals surface area (Å²) >= 11 is 7.33. The van der Waals surface area contributed by atoms with Crippen molar-refractivity contribution in [3.63, 3.8) is 0 Å². The van der Waals surface area contributed by atoms with Crippen LogP contribution in [-0.2, 0) is 9.59 Å². The summed E-state index contributed by atoms with van der Waals surface area (Å²) in [5.74, 6) is -0.257. The van der Waals surface area contributed by atoms with Crippen LogP contribution in [0.25, 0.3) is 17.1 Å². The van der Waals surface area contributed by atoms with E-state index in [1.54, 1.807) is 36.4 Å². The summed E-state index contributed by atoms with van der Waals surface area (Å²) in [5.41, 5.74) is 5.94. The third kappa shape index (κ3) is 6.96. The van der Waals surface area contributed by atoms with Gasteiger partial charge in [0.05, 0.1) is 22.6 Å². The fourth-order valence-electron chi connectivity index (χ4n) is 3.32. The van der Waals surface area contributed by atoms with E-state index in [2.05, 4.69) is 20.7 Å². The van der Waals surface area contributed by atoms with Crippen LogP contribution in [0.15, 0.2) is 83.1 Å². The number of aliphatic carboxylic acids is 1. The minimum Gasteiger partial charge on any atom is -0.481 e. The molecule has 0 aliphatic heterocycles. The van der Waals surface area contributed by atoms with Gasteiger partial charge in [0.15, 0.2) is 6.61 Å². The molecule has 9 nitrogen and oxygen atoms in total. The number of hydrogen-bond donors (Lipinski definition) is 3. The topological polar surface area (TPSA) is 121 Å². The van der Waals surface area contributed by atoms with Gasteiger partial charge >= 0.3 is 11.1 Å². The normalized spacial score (nSPS) is 11.0. The predicted octanol–water partition coefficient (Wildman–Crippen LogP) is 4.02. The Kier molecular flexibility index (Phi) is 8.55. The second kappa shape index (κ2) is 12.2. The Bertz CT molecular complexity index is 1420. The number of H-pyrrole nitrogens is 1.